The average Bonchev–Trinajstić information content (AvgIpc) is 3.38. The third-order valence-electron chi connectivity index (χ3n) is 6.21. The van der Waals surface area contributed by atoms with Crippen molar-refractivity contribution in [1.82, 2.24) is 20.1 Å². The van der Waals surface area contributed by atoms with Crippen molar-refractivity contribution in [3.05, 3.63) is 30.4 Å². The van der Waals surface area contributed by atoms with Crippen LogP contribution >= 0.6 is 0 Å². The highest BCUT2D eigenvalue weighted by atomic mass is 16.3. The maximum atomic E-state index is 6.20. The molecule has 27 heavy (non-hydrogen) atoms. The molecule has 6 nitrogen and oxygen atoms in total. The fourth-order valence-electron chi connectivity index (χ4n) is 4.63. The number of hydrogen-bond acceptors (Lipinski definition) is 5. The number of anilines is 1. The van der Waals surface area contributed by atoms with Gasteiger partial charge in [0.2, 0.25) is 0 Å². The van der Waals surface area contributed by atoms with E-state index in [4.69, 9.17) is 10.2 Å². The van der Waals surface area contributed by atoms with E-state index < -0.39 is 0 Å². The van der Waals surface area contributed by atoms with E-state index in [1.165, 1.54) is 32.1 Å². The number of piperidine rings is 1. The number of pyridine rings is 1. The van der Waals surface area contributed by atoms with Crippen molar-refractivity contribution >= 4 is 16.8 Å². The summed E-state index contributed by atoms with van der Waals surface area (Å²) in [6.45, 7) is 2.11. The smallest absolute Gasteiger partial charge is 0.176 e. The molecule has 0 amide bonds. The van der Waals surface area contributed by atoms with Crippen LogP contribution in [0.25, 0.3) is 22.1 Å². The molecule has 2 aliphatic rings. The Morgan fingerprint density at radius 1 is 1.07 bits per heavy atom. The Kier molecular flexibility index (Phi) is 4.36. The first kappa shape index (κ1) is 16.8. The SMILES string of the molecule is Nc1ncc(-c2cnn(C3CCNCC3)c2)c2cc(C3CCCCC3)oc12. The van der Waals surface area contributed by atoms with Gasteiger partial charge in [-0.1, -0.05) is 19.3 Å². The van der Waals surface area contributed by atoms with Crippen molar-refractivity contribution < 1.29 is 4.42 Å². The van der Waals surface area contributed by atoms with E-state index in [-0.39, 0.29) is 0 Å². The molecular formula is C21H27N5O. The van der Waals surface area contributed by atoms with Crippen LogP contribution in [0.1, 0.15) is 62.7 Å². The predicted octanol–water partition coefficient (Wildman–Crippen LogP) is 4.25. The lowest BCUT2D eigenvalue weighted by molar-refractivity contribution is 0.343. The second kappa shape index (κ2) is 7.00. The van der Waals surface area contributed by atoms with Crippen molar-refractivity contribution in [1.29, 1.82) is 0 Å². The number of hydrogen-bond donors (Lipinski definition) is 2. The van der Waals surface area contributed by atoms with Gasteiger partial charge in [-0.2, -0.15) is 5.10 Å². The Morgan fingerprint density at radius 2 is 1.89 bits per heavy atom. The van der Waals surface area contributed by atoms with Crippen LogP contribution in [0.15, 0.2) is 29.1 Å². The first-order valence-electron chi connectivity index (χ1n) is 10.2. The lowest BCUT2D eigenvalue weighted by atomic mass is 9.87. The molecule has 4 heterocycles. The molecule has 0 atom stereocenters. The fraction of sp³-hybridized carbons (Fsp3) is 0.524. The van der Waals surface area contributed by atoms with Crippen molar-refractivity contribution in [2.75, 3.05) is 18.8 Å². The highest BCUT2D eigenvalue weighted by Crippen LogP contribution is 2.39. The van der Waals surface area contributed by atoms with Gasteiger partial charge in [-0.25, -0.2) is 4.98 Å². The highest BCUT2D eigenvalue weighted by Gasteiger charge is 2.23. The molecule has 3 N–H and O–H groups in total. The van der Waals surface area contributed by atoms with Gasteiger partial charge in [0.1, 0.15) is 5.76 Å². The topological polar surface area (TPSA) is 81.9 Å². The molecule has 6 heteroatoms. The van der Waals surface area contributed by atoms with E-state index in [0.29, 0.717) is 17.8 Å². The Balaban J connectivity index is 1.52. The fourth-order valence-corrected chi connectivity index (χ4v) is 4.63. The summed E-state index contributed by atoms with van der Waals surface area (Å²) in [6.07, 6.45) is 14.5. The molecule has 1 saturated carbocycles. The van der Waals surface area contributed by atoms with Gasteiger partial charge in [0.15, 0.2) is 11.4 Å². The summed E-state index contributed by atoms with van der Waals surface area (Å²) in [7, 11) is 0. The van der Waals surface area contributed by atoms with Gasteiger partial charge in [0, 0.05) is 34.8 Å². The van der Waals surface area contributed by atoms with E-state index in [0.717, 1.165) is 53.8 Å². The van der Waals surface area contributed by atoms with Gasteiger partial charge >= 0.3 is 0 Å². The Labute approximate surface area is 159 Å². The predicted molar refractivity (Wildman–Crippen MR) is 107 cm³/mol. The minimum Gasteiger partial charge on any atom is -0.457 e. The molecular weight excluding hydrogens is 338 g/mol. The quantitative estimate of drug-likeness (QED) is 0.725. The van der Waals surface area contributed by atoms with Crippen LogP contribution in [-0.2, 0) is 0 Å². The van der Waals surface area contributed by atoms with Gasteiger partial charge in [0.05, 0.1) is 12.2 Å². The normalized spacial score (nSPS) is 19.7. The van der Waals surface area contributed by atoms with Crippen molar-refractivity contribution in [2.45, 2.75) is 56.9 Å². The Morgan fingerprint density at radius 3 is 2.70 bits per heavy atom. The van der Waals surface area contributed by atoms with E-state index >= 15 is 0 Å². The molecule has 5 rings (SSSR count). The Hall–Kier alpha value is -2.34. The van der Waals surface area contributed by atoms with Crippen molar-refractivity contribution in [3.63, 3.8) is 0 Å². The van der Waals surface area contributed by atoms with Gasteiger partial charge in [-0.15, -0.1) is 0 Å². The number of furan rings is 1. The number of nitrogen functional groups attached to an aromatic ring is 1. The van der Waals surface area contributed by atoms with Crippen LogP contribution in [0.3, 0.4) is 0 Å². The summed E-state index contributed by atoms with van der Waals surface area (Å²) in [4.78, 5) is 4.40. The summed E-state index contributed by atoms with van der Waals surface area (Å²) in [5.41, 5.74) is 9.01. The maximum absolute atomic E-state index is 6.20. The zero-order chi connectivity index (χ0) is 18.2. The molecule has 142 valence electrons. The summed E-state index contributed by atoms with van der Waals surface area (Å²) in [6, 6.07) is 2.67. The van der Waals surface area contributed by atoms with Crippen LogP contribution in [0, 0.1) is 0 Å². The molecule has 0 radical (unpaired) electrons. The number of nitrogens with two attached hydrogens (primary N) is 1. The summed E-state index contributed by atoms with van der Waals surface area (Å²) >= 11 is 0. The third kappa shape index (κ3) is 3.12. The maximum Gasteiger partial charge on any atom is 0.176 e. The number of fused-ring (bicyclic) bond motifs is 1. The third-order valence-corrected chi connectivity index (χ3v) is 6.21. The highest BCUT2D eigenvalue weighted by molar-refractivity contribution is 5.98. The molecule has 0 bridgehead atoms. The summed E-state index contributed by atoms with van der Waals surface area (Å²) in [5.74, 6) is 2.05. The number of nitrogens with zero attached hydrogens (tertiary/aromatic N) is 3. The van der Waals surface area contributed by atoms with E-state index in [1.807, 2.05) is 12.4 Å². The van der Waals surface area contributed by atoms with Crippen LogP contribution in [-0.4, -0.2) is 27.9 Å². The molecule has 2 fully saturated rings. The van der Waals surface area contributed by atoms with E-state index in [2.05, 4.69) is 32.3 Å². The molecule has 1 saturated heterocycles. The summed E-state index contributed by atoms with van der Waals surface area (Å²) < 4.78 is 8.31. The second-order valence-electron chi connectivity index (χ2n) is 7.97. The lowest BCUT2D eigenvalue weighted by Gasteiger charge is -2.22. The largest absolute Gasteiger partial charge is 0.457 e. The first-order chi connectivity index (χ1) is 13.3. The van der Waals surface area contributed by atoms with Crippen LogP contribution in [0.4, 0.5) is 5.82 Å². The van der Waals surface area contributed by atoms with Crippen LogP contribution in [0.5, 0.6) is 0 Å². The average molecular weight is 365 g/mol. The first-order valence-corrected chi connectivity index (χ1v) is 10.2. The van der Waals surface area contributed by atoms with Gasteiger partial charge in [-0.05, 0) is 44.8 Å². The minimum atomic E-state index is 0.472. The molecule has 0 aromatic carbocycles. The van der Waals surface area contributed by atoms with Gasteiger partial charge in [0.25, 0.3) is 0 Å². The van der Waals surface area contributed by atoms with Crippen LogP contribution < -0.4 is 11.1 Å². The molecule has 0 unspecified atom stereocenters. The van der Waals surface area contributed by atoms with E-state index in [1.54, 1.807) is 0 Å². The number of aromatic nitrogens is 3. The zero-order valence-electron chi connectivity index (χ0n) is 15.7. The van der Waals surface area contributed by atoms with Gasteiger partial charge < -0.3 is 15.5 Å². The second-order valence-corrected chi connectivity index (χ2v) is 7.97. The number of nitrogens with one attached hydrogen (secondary N) is 1. The van der Waals surface area contributed by atoms with Gasteiger partial charge in [-0.3, -0.25) is 4.68 Å². The molecule has 0 spiro atoms. The molecule has 1 aliphatic carbocycles. The molecule has 3 aromatic rings. The number of rotatable bonds is 3. The Bertz CT molecular complexity index is 931. The minimum absolute atomic E-state index is 0.472. The molecule has 3 aromatic heterocycles. The standard InChI is InChI=1S/C21H27N5O/c22-21-20-17(10-19(27-20)14-4-2-1-3-5-14)18(12-24-21)15-11-25-26(13-15)16-6-8-23-9-7-16/h10-14,16,23H,1-9H2,(H2,22,24). The monoisotopic (exact) mass is 365 g/mol. The van der Waals surface area contributed by atoms with Crippen molar-refractivity contribution in [2.24, 2.45) is 0 Å². The zero-order valence-corrected chi connectivity index (χ0v) is 15.7. The van der Waals surface area contributed by atoms with Crippen LogP contribution in [0.2, 0.25) is 0 Å². The lowest BCUT2D eigenvalue weighted by Crippen LogP contribution is -2.29. The van der Waals surface area contributed by atoms with E-state index in [9.17, 15) is 0 Å². The molecule has 1 aliphatic heterocycles. The van der Waals surface area contributed by atoms with Crippen molar-refractivity contribution in [3.8, 4) is 11.1 Å². The summed E-state index contributed by atoms with van der Waals surface area (Å²) in [5, 5.41) is 9.11.